The van der Waals surface area contributed by atoms with Crippen LogP contribution in [-0.2, 0) is 6.54 Å². The lowest BCUT2D eigenvalue weighted by Crippen LogP contribution is -2.44. The Labute approximate surface area is 179 Å². The molecule has 1 fully saturated rings. The maximum absolute atomic E-state index is 14.1. The van der Waals surface area contributed by atoms with Crippen molar-refractivity contribution in [2.45, 2.75) is 33.2 Å². The van der Waals surface area contributed by atoms with Gasteiger partial charge in [-0.05, 0) is 65.4 Å². The minimum absolute atomic E-state index is 0.0336. The molecule has 0 unspecified atom stereocenters. The Morgan fingerprint density at radius 2 is 2.00 bits per heavy atom. The number of carbonyl (C=O) groups excluding carboxylic acids is 1. The summed E-state index contributed by atoms with van der Waals surface area (Å²) in [5.41, 5.74) is 1.62. The molecule has 0 spiro atoms. The fourth-order valence-corrected chi connectivity index (χ4v) is 4.22. The van der Waals surface area contributed by atoms with E-state index in [1.54, 1.807) is 6.07 Å². The van der Waals surface area contributed by atoms with Crippen LogP contribution >= 0.6 is 0 Å². The lowest BCUT2D eigenvalue weighted by Gasteiger charge is -2.36. The molecule has 1 amide bonds. The molecule has 2 heterocycles. The van der Waals surface area contributed by atoms with Crippen LogP contribution in [0.1, 0.15) is 40.3 Å². The average molecular weight is 416 g/mol. The topological polar surface area (TPSA) is 39.9 Å². The normalized spacial score (nSPS) is 17.5. The highest BCUT2D eigenvalue weighted by Crippen LogP contribution is 2.23. The van der Waals surface area contributed by atoms with Crippen molar-refractivity contribution in [1.82, 2.24) is 14.7 Å². The Kier molecular flexibility index (Phi) is 7.67. The highest BCUT2D eigenvalue weighted by Gasteiger charge is 2.27. The molecule has 0 N–H and O–H groups in total. The van der Waals surface area contributed by atoms with Gasteiger partial charge in [0.15, 0.2) is 5.76 Å². The van der Waals surface area contributed by atoms with Crippen molar-refractivity contribution >= 4 is 5.91 Å². The number of furan rings is 1. The number of aryl methyl sites for hydroxylation is 2. The quantitative estimate of drug-likeness (QED) is 0.655. The standard InChI is InChI=1S/C24H34FN3O2/c1-18-14-19(2)30-23(18)24(29)28(13-12-26(3)4)16-20-8-7-11-27(15-20)17-21-9-5-6-10-22(21)25/h5-6,9-10,14,20H,7-8,11-13,15-17H2,1-4H3/t20-/m1/s1. The molecule has 1 atom stereocenters. The van der Waals surface area contributed by atoms with E-state index in [-0.39, 0.29) is 11.7 Å². The molecule has 164 valence electrons. The smallest absolute Gasteiger partial charge is 0.289 e. The van der Waals surface area contributed by atoms with E-state index in [1.807, 2.05) is 51.0 Å². The van der Waals surface area contributed by atoms with Crippen molar-refractivity contribution in [2.75, 3.05) is 46.8 Å². The molecule has 0 bridgehead atoms. The van der Waals surface area contributed by atoms with Crippen LogP contribution in [0.15, 0.2) is 34.7 Å². The number of nitrogens with zero attached hydrogens (tertiary/aromatic N) is 3. The third kappa shape index (κ3) is 5.92. The van der Waals surface area contributed by atoms with Crippen LogP contribution in [0.5, 0.6) is 0 Å². The predicted octanol–water partition coefficient (Wildman–Crippen LogP) is 3.95. The highest BCUT2D eigenvalue weighted by atomic mass is 19.1. The number of halogens is 1. The zero-order valence-corrected chi connectivity index (χ0v) is 18.7. The van der Waals surface area contributed by atoms with E-state index in [4.69, 9.17) is 4.42 Å². The summed E-state index contributed by atoms with van der Waals surface area (Å²) in [5.74, 6) is 1.40. The van der Waals surface area contributed by atoms with Gasteiger partial charge < -0.3 is 14.2 Å². The molecule has 1 aromatic heterocycles. The lowest BCUT2D eigenvalue weighted by atomic mass is 9.96. The molecule has 1 aliphatic heterocycles. The van der Waals surface area contributed by atoms with E-state index in [0.717, 1.165) is 49.4 Å². The van der Waals surface area contributed by atoms with Crippen LogP contribution in [0, 0.1) is 25.6 Å². The number of piperidine rings is 1. The molecule has 1 saturated heterocycles. The van der Waals surface area contributed by atoms with Gasteiger partial charge in [-0.1, -0.05) is 18.2 Å². The summed E-state index contributed by atoms with van der Waals surface area (Å²) < 4.78 is 19.8. The van der Waals surface area contributed by atoms with Crippen molar-refractivity contribution in [1.29, 1.82) is 0 Å². The summed E-state index contributed by atoms with van der Waals surface area (Å²) in [4.78, 5) is 19.6. The second-order valence-electron chi connectivity index (χ2n) is 8.76. The van der Waals surface area contributed by atoms with Gasteiger partial charge in [0, 0.05) is 43.9 Å². The maximum Gasteiger partial charge on any atom is 0.289 e. The summed E-state index contributed by atoms with van der Waals surface area (Å²) in [6.45, 7) is 8.40. The summed E-state index contributed by atoms with van der Waals surface area (Å²) in [7, 11) is 4.03. The summed E-state index contributed by atoms with van der Waals surface area (Å²) in [5, 5.41) is 0. The molecule has 2 aromatic rings. The van der Waals surface area contributed by atoms with Crippen LogP contribution in [0.2, 0.25) is 0 Å². The van der Waals surface area contributed by atoms with E-state index in [0.29, 0.717) is 31.3 Å². The molecule has 1 aromatic carbocycles. The number of carbonyl (C=O) groups is 1. The molecule has 6 heteroatoms. The molecule has 0 aliphatic carbocycles. The molecule has 0 radical (unpaired) electrons. The average Bonchev–Trinajstić information content (AvgIpc) is 3.04. The van der Waals surface area contributed by atoms with Gasteiger partial charge in [0.2, 0.25) is 0 Å². The SMILES string of the molecule is Cc1cc(C)c(C(=O)N(CCN(C)C)C[C@@H]2CCCN(Cc3ccccc3F)C2)o1. The number of likely N-dealkylation sites (N-methyl/N-ethyl adjacent to an activating group) is 1. The van der Waals surface area contributed by atoms with Gasteiger partial charge in [0.25, 0.3) is 5.91 Å². The van der Waals surface area contributed by atoms with Crippen LogP contribution < -0.4 is 0 Å². The monoisotopic (exact) mass is 415 g/mol. The first-order chi connectivity index (χ1) is 14.3. The van der Waals surface area contributed by atoms with Crippen molar-refractivity contribution < 1.29 is 13.6 Å². The molecule has 1 aliphatic rings. The van der Waals surface area contributed by atoms with Gasteiger partial charge in [-0.15, -0.1) is 0 Å². The number of benzene rings is 1. The van der Waals surface area contributed by atoms with Crippen molar-refractivity contribution in [3.63, 3.8) is 0 Å². The molecule has 3 rings (SSSR count). The van der Waals surface area contributed by atoms with Gasteiger partial charge in [-0.25, -0.2) is 4.39 Å². The Bertz CT molecular complexity index is 849. The van der Waals surface area contributed by atoms with Crippen LogP contribution in [0.3, 0.4) is 0 Å². The van der Waals surface area contributed by atoms with E-state index in [2.05, 4.69) is 9.80 Å². The predicted molar refractivity (Wildman–Crippen MR) is 117 cm³/mol. The third-order valence-electron chi connectivity index (χ3n) is 5.77. The van der Waals surface area contributed by atoms with Gasteiger partial charge in [-0.2, -0.15) is 0 Å². The van der Waals surface area contributed by atoms with E-state index in [9.17, 15) is 9.18 Å². The van der Waals surface area contributed by atoms with Crippen LogP contribution in [0.4, 0.5) is 4.39 Å². The molecular formula is C24H34FN3O2. The zero-order valence-electron chi connectivity index (χ0n) is 18.7. The number of likely N-dealkylation sites (tertiary alicyclic amines) is 1. The number of hydrogen-bond donors (Lipinski definition) is 0. The van der Waals surface area contributed by atoms with E-state index >= 15 is 0 Å². The summed E-state index contributed by atoms with van der Waals surface area (Å²) in [6.07, 6.45) is 2.14. The second kappa shape index (κ2) is 10.2. The largest absolute Gasteiger partial charge is 0.456 e. The van der Waals surface area contributed by atoms with Gasteiger partial charge >= 0.3 is 0 Å². The molecular weight excluding hydrogens is 381 g/mol. The first kappa shape index (κ1) is 22.5. The van der Waals surface area contributed by atoms with Crippen LogP contribution in [0.25, 0.3) is 0 Å². The van der Waals surface area contributed by atoms with Crippen LogP contribution in [-0.4, -0.2) is 67.4 Å². The lowest BCUT2D eigenvalue weighted by molar-refractivity contribution is 0.0627. The van der Waals surface area contributed by atoms with Crippen molar-refractivity contribution in [3.05, 3.63) is 58.8 Å². The van der Waals surface area contributed by atoms with Crippen molar-refractivity contribution in [2.24, 2.45) is 5.92 Å². The second-order valence-corrected chi connectivity index (χ2v) is 8.76. The van der Waals surface area contributed by atoms with Gasteiger partial charge in [0.1, 0.15) is 11.6 Å². The Hall–Kier alpha value is -2.18. The van der Waals surface area contributed by atoms with E-state index in [1.165, 1.54) is 6.07 Å². The zero-order chi connectivity index (χ0) is 21.7. The number of rotatable bonds is 8. The minimum Gasteiger partial charge on any atom is -0.456 e. The highest BCUT2D eigenvalue weighted by molar-refractivity contribution is 5.93. The first-order valence-corrected chi connectivity index (χ1v) is 10.8. The first-order valence-electron chi connectivity index (χ1n) is 10.8. The maximum atomic E-state index is 14.1. The molecule has 0 saturated carbocycles. The fourth-order valence-electron chi connectivity index (χ4n) is 4.22. The fraction of sp³-hybridized carbons (Fsp3) is 0.542. The molecule has 30 heavy (non-hydrogen) atoms. The summed E-state index contributed by atoms with van der Waals surface area (Å²) in [6, 6.07) is 8.90. The minimum atomic E-state index is -0.147. The number of amides is 1. The van der Waals surface area contributed by atoms with Gasteiger partial charge in [-0.3, -0.25) is 9.69 Å². The summed E-state index contributed by atoms with van der Waals surface area (Å²) >= 11 is 0. The Balaban J connectivity index is 1.67. The van der Waals surface area contributed by atoms with Gasteiger partial charge in [0.05, 0.1) is 0 Å². The third-order valence-corrected chi connectivity index (χ3v) is 5.77. The van der Waals surface area contributed by atoms with Crippen molar-refractivity contribution in [3.8, 4) is 0 Å². The number of hydrogen-bond acceptors (Lipinski definition) is 4. The molecule has 5 nitrogen and oxygen atoms in total. The Morgan fingerprint density at radius 3 is 2.67 bits per heavy atom. The van der Waals surface area contributed by atoms with E-state index < -0.39 is 0 Å². The Morgan fingerprint density at radius 1 is 1.23 bits per heavy atom.